The Morgan fingerprint density at radius 3 is 2.77 bits per heavy atom. The van der Waals surface area contributed by atoms with Crippen LogP contribution in [0.15, 0.2) is 30.5 Å². The second kappa shape index (κ2) is 7.17. The lowest BCUT2D eigenvalue weighted by Gasteiger charge is -2.27. The van der Waals surface area contributed by atoms with Crippen LogP contribution in [0, 0.1) is 6.92 Å². The van der Waals surface area contributed by atoms with E-state index in [1.165, 1.54) is 6.42 Å². The van der Waals surface area contributed by atoms with Gasteiger partial charge in [0.05, 0.1) is 24.7 Å². The number of ether oxygens (including phenoxy) is 1. The number of rotatable bonds is 6. The summed E-state index contributed by atoms with van der Waals surface area (Å²) in [6.45, 7) is 1.84. The van der Waals surface area contributed by atoms with Gasteiger partial charge in [0, 0.05) is 29.9 Å². The van der Waals surface area contributed by atoms with Gasteiger partial charge in [-0.25, -0.2) is 4.98 Å². The van der Waals surface area contributed by atoms with Gasteiger partial charge in [-0.05, 0) is 42.7 Å². The summed E-state index contributed by atoms with van der Waals surface area (Å²) in [4.78, 5) is 4.40. The molecule has 11 heteroatoms. The van der Waals surface area contributed by atoms with Gasteiger partial charge < -0.3 is 21.1 Å². The Labute approximate surface area is 172 Å². The number of nitrogens with one attached hydrogen (secondary N) is 2. The minimum absolute atomic E-state index is 0.452. The predicted molar refractivity (Wildman–Crippen MR) is 112 cm³/mol. The Hall–Kier alpha value is -3.89. The van der Waals surface area contributed by atoms with E-state index < -0.39 is 0 Å². The van der Waals surface area contributed by atoms with Crippen LogP contribution < -0.4 is 21.1 Å². The zero-order chi connectivity index (χ0) is 20.7. The van der Waals surface area contributed by atoms with Gasteiger partial charge in [0.1, 0.15) is 11.6 Å². The fourth-order valence-electron chi connectivity index (χ4n) is 3.44. The molecule has 1 aromatic carbocycles. The molecule has 0 unspecified atom stereocenters. The molecular weight excluding hydrogens is 384 g/mol. The summed E-state index contributed by atoms with van der Waals surface area (Å²) in [5.41, 5.74) is 9.23. The van der Waals surface area contributed by atoms with E-state index in [0.29, 0.717) is 34.9 Å². The zero-order valence-corrected chi connectivity index (χ0v) is 16.7. The molecule has 0 aliphatic heterocycles. The number of aryl methyl sites for hydroxylation is 1. The second-order valence-electron chi connectivity index (χ2n) is 7.32. The van der Waals surface area contributed by atoms with Gasteiger partial charge in [-0.2, -0.15) is 9.20 Å². The lowest BCUT2D eigenvalue weighted by atomic mass is 9.93. The molecule has 5 rings (SSSR count). The maximum Gasteiger partial charge on any atom is 0.179 e. The number of nitrogens with two attached hydrogens (primary N) is 1. The Bertz CT molecular complexity index is 1210. The van der Waals surface area contributed by atoms with Crippen molar-refractivity contribution < 1.29 is 4.74 Å². The molecular formula is C19H22N10O. The number of hydrogen-bond donors (Lipinski definition) is 3. The molecule has 1 aliphatic carbocycles. The fraction of sp³-hybridized carbons (Fsp3) is 0.316. The molecule has 154 valence electrons. The van der Waals surface area contributed by atoms with Crippen LogP contribution >= 0.6 is 0 Å². The topological polar surface area (TPSA) is 133 Å². The summed E-state index contributed by atoms with van der Waals surface area (Å²) in [5, 5.41) is 23.2. The Balaban J connectivity index is 1.53. The standard InChI is InChI=1S/C19H22N10O/c1-11-24-26-27-28(11)14-6-13(7-15(8-14)30-2)23-18-9-16(22-12-4-3-5-12)19-21-10-17(20)29(19)25-18/h6-10,12,22H,3-5,20H2,1-2H3,(H,23,25). The third-order valence-corrected chi connectivity index (χ3v) is 5.23. The molecule has 4 aromatic rings. The van der Waals surface area contributed by atoms with E-state index in [1.54, 1.807) is 22.5 Å². The number of hydrogen-bond acceptors (Lipinski definition) is 9. The smallest absolute Gasteiger partial charge is 0.179 e. The highest BCUT2D eigenvalue weighted by Crippen LogP contribution is 2.30. The first kappa shape index (κ1) is 18.2. The van der Waals surface area contributed by atoms with Crippen LogP contribution in [-0.2, 0) is 0 Å². The fourth-order valence-corrected chi connectivity index (χ4v) is 3.44. The lowest BCUT2D eigenvalue weighted by molar-refractivity contribution is 0.414. The highest BCUT2D eigenvalue weighted by molar-refractivity contribution is 5.74. The van der Waals surface area contributed by atoms with Crippen molar-refractivity contribution in [2.24, 2.45) is 0 Å². The van der Waals surface area contributed by atoms with Crippen LogP contribution in [0.5, 0.6) is 5.75 Å². The van der Waals surface area contributed by atoms with Crippen molar-refractivity contribution >= 4 is 28.7 Å². The molecule has 0 amide bonds. The number of imidazole rings is 1. The first-order chi connectivity index (χ1) is 14.6. The normalized spacial score (nSPS) is 13.9. The van der Waals surface area contributed by atoms with Crippen molar-refractivity contribution in [1.82, 2.24) is 34.8 Å². The molecule has 1 fully saturated rings. The Morgan fingerprint density at radius 1 is 1.20 bits per heavy atom. The number of benzene rings is 1. The van der Waals surface area contributed by atoms with E-state index >= 15 is 0 Å². The SMILES string of the molecule is COc1cc(Nc2cc(NC3CCC3)c3ncc(N)n3n2)cc(-n2nnnc2C)c1. The van der Waals surface area contributed by atoms with Gasteiger partial charge in [-0.15, -0.1) is 10.2 Å². The Kier molecular flexibility index (Phi) is 4.34. The van der Waals surface area contributed by atoms with Gasteiger partial charge in [-0.1, -0.05) is 0 Å². The first-order valence-corrected chi connectivity index (χ1v) is 9.73. The summed E-state index contributed by atoms with van der Waals surface area (Å²) < 4.78 is 8.73. The maximum absolute atomic E-state index is 6.07. The Morgan fingerprint density at radius 2 is 2.07 bits per heavy atom. The predicted octanol–water partition coefficient (Wildman–Crippen LogP) is 2.31. The van der Waals surface area contributed by atoms with Crippen LogP contribution in [0.4, 0.5) is 23.0 Å². The third-order valence-electron chi connectivity index (χ3n) is 5.23. The number of methoxy groups -OCH3 is 1. The minimum atomic E-state index is 0.452. The van der Waals surface area contributed by atoms with Crippen LogP contribution in [0.1, 0.15) is 25.1 Å². The highest BCUT2D eigenvalue weighted by atomic mass is 16.5. The molecule has 30 heavy (non-hydrogen) atoms. The lowest BCUT2D eigenvalue weighted by Crippen LogP contribution is -2.27. The number of nitrogen functional groups attached to an aromatic ring is 1. The van der Waals surface area contributed by atoms with E-state index in [9.17, 15) is 0 Å². The first-order valence-electron chi connectivity index (χ1n) is 9.73. The molecule has 0 atom stereocenters. The summed E-state index contributed by atoms with van der Waals surface area (Å²) in [7, 11) is 1.62. The molecule has 3 aromatic heterocycles. The van der Waals surface area contributed by atoms with Crippen molar-refractivity contribution in [2.75, 3.05) is 23.5 Å². The average molecular weight is 406 g/mol. The van der Waals surface area contributed by atoms with Crippen molar-refractivity contribution in [1.29, 1.82) is 0 Å². The number of aromatic nitrogens is 7. The van der Waals surface area contributed by atoms with E-state index in [1.807, 2.05) is 31.2 Å². The van der Waals surface area contributed by atoms with Crippen molar-refractivity contribution in [3.63, 3.8) is 0 Å². The number of nitrogens with zero attached hydrogens (tertiary/aromatic N) is 7. The molecule has 0 radical (unpaired) electrons. The van der Waals surface area contributed by atoms with Gasteiger partial charge in [0.15, 0.2) is 17.3 Å². The van der Waals surface area contributed by atoms with Crippen LogP contribution in [0.3, 0.4) is 0 Å². The molecule has 11 nitrogen and oxygen atoms in total. The summed E-state index contributed by atoms with van der Waals surface area (Å²) in [5.74, 6) is 2.44. The monoisotopic (exact) mass is 406 g/mol. The molecule has 0 spiro atoms. The summed E-state index contributed by atoms with van der Waals surface area (Å²) in [6, 6.07) is 8.07. The quantitative estimate of drug-likeness (QED) is 0.441. The average Bonchev–Trinajstić information content (AvgIpc) is 3.30. The highest BCUT2D eigenvalue weighted by Gasteiger charge is 2.20. The number of anilines is 4. The number of fused-ring (bicyclic) bond motifs is 1. The molecule has 3 heterocycles. The van der Waals surface area contributed by atoms with Crippen LogP contribution in [0.25, 0.3) is 11.3 Å². The molecule has 1 saturated carbocycles. The maximum atomic E-state index is 6.07. The van der Waals surface area contributed by atoms with Crippen molar-refractivity contribution in [3.05, 3.63) is 36.3 Å². The van der Waals surface area contributed by atoms with E-state index in [4.69, 9.17) is 10.5 Å². The zero-order valence-electron chi connectivity index (χ0n) is 16.7. The van der Waals surface area contributed by atoms with Crippen LogP contribution in [0.2, 0.25) is 0 Å². The van der Waals surface area contributed by atoms with E-state index in [2.05, 4.69) is 36.2 Å². The third kappa shape index (κ3) is 3.23. The van der Waals surface area contributed by atoms with Crippen molar-refractivity contribution in [2.45, 2.75) is 32.2 Å². The molecule has 0 saturated heterocycles. The summed E-state index contributed by atoms with van der Waals surface area (Å²) in [6.07, 6.45) is 5.15. The molecule has 0 bridgehead atoms. The van der Waals surface area contributed by atoms with Gasteiger partial charge in [0.2, 0.25) is 0 Å². The van der Waals surface area contributed by atoms with Gasteiger partial charge in [0.25, 0.3) is 0 Å². The molecule has 1 aliphatic rings. The second-order valence-corrected chi connectivity index (χ2v) is 7.32. The van der Waals surface area contributed by atoms with Crippen LogP contribution in [-0.4, -0.2) is 48.0 Å². The largest absolute Gasteiger partial charge is 0.497 e. The van der Waals surface area contributed by atoms with E-state index in [-0.39, 0.29) is 0 Å². The van der Waals surface area contributed by atoms with Gasteiger partial charge >= 0.3 is 0 Å². The number of tetrazole rings is 1. The molecule has 4 N–H and O–H groups in total. The van der Waals surface area contributed by atoms with Crippen molar-refractivity contribution in [3.8, 4) is 11.4 Å². The van der Waals surface area contributed by atoms with E-state index in [0.717, 1.165) is 29.9 Å². The minimum Gasteiger partial charge on any atom is -0.497 e. The van der Waals surface area contributed by atoms with Gasteiger partial charge in [-0.3, -0.25) is 0 Å². The summed E-state index contributed by atoms with van der Waals surface area (Å²) >= 11 is 0.